The average Bonchev–Trinajstić information content (AvgIpc) is 3.22. The van der Waals surface area contributed by atoms with Gasteiger partial charge in [-0.2, -0.15) is 0 Å². The number of hydrogen-bond acceptors (Lipinski definition) is 5. The van der Waals surface area contributed by atoms with E-state index in [-0.39, 0.29) is 10.8 Å². The van der Waals surface area contributed by atoms with Crippen molar-refractivity contribution >= 4 is 48.3 Å². The molecule has 0 atom stereocenters. The second kappa shape index (κ2) is 8.72. The fourth-order valence-corrected chi connectivity index (χ4v) is 5.95. The van der Waals surface area contributed by atoms with Crippen LogP contribution in [0.2, 0.25) is 0 Å². The van der Waals surface area contributed by atoms with Gasteiger partial charge in [0, 0.05) is 12.1 Å². The Kier molecular flexibility index (Phi) is 5.99. The maximum atomic E-state index is 13.1. The van der Waals surface area contributed by atoms with Crippen molar-refractivity contribution in [3.63, 3.8) is 0 Å². The van der Waals surface area contributed by atoms with Gasteiger partial charge in [-0.1, -0.05) is 41.7 Å². The van der Waals surface area contributed by atoms with Crippen LogP contribution >= 0.6 is 11.3 Å². The molecule has 0 aliphatic carbocycles. The van der Waals surface area contributed by atoms with E-state index in [2.05, 4.69) is 10.3 Å². The molecule has 0 fully saturated rings. The first-order valence-corrected chi connectivity index (χ1v) is 12.4. The highest BCUT2D eigenvalue weighted by Crippen LogP contribution is 2.31. The van der Waals surface area contributed by atoms with Gasteiger partial charge in [-0.3, -0.25) is 14.4 Å². The number of hydrogen-bond donors (Lipinski definition) is 1. The molecule has 8 heteroatoms. The maximum absolute atomic E-state index is 13.1. The molecular formula is C24H23N3O3S2. The first-order chi connectivity index (χ1) is 15.3. The third kappa shape index (κ3) is 4.11. The number of aromatic nitrogens is 1. The zero-order chi connectivity index (χ0) is 22.9. The number of sulfonamides is 1. The van der Waals surface area contributed by atoms with Gasteiger partial charge in [0.05, 0.1) is 20.8 Å². The molecular weight excluding hydrogens is 442 g/mol. The second-order valence-electron chi connectivity index (χ2n) is 7.38. The summed E-state index contributed by atoms with van der Waals surface area (Å²) in [6.07, 6.45) is 0. The van der Waals surface area contributed by atoms with E-state index in [1.165, 1.54) is 39.9 Å². The van der Waals surface area contributed by atoms with Gasteiger partial charge >= 0.3 is 0 Å². The molecule has 4 rings (SSSR count). The SMILES string of the molecule is CCN(c1ccccc1)S(=O)(=O)c1ccc(C(=O)Nc2nc3c(C)ccc(C)c3s2)cc1. The summed E-state index contributed by atoms with van der Waals surface area (Å²) < 4.78 is 28.6. The Bertz CT molecular complexity index is 1340. The number of carbonyl (C=O) groups excluding carboxylic acids is 1. The molecule has 1 heterocycles. The number of aryl methyl sites for hydroxylation is 2. The molecule has 0 aliphatic rings. The van der Waals surface area contributed by atoms with Crippen LogP contribution in [0.4, 0.5) is 10.8 Å². The van der Waals surface area contributed by atoms with Crippen LogP contribution < -0.4 is 9.62 Å². The Morgan fingerprint density at radius 2 is 1.62 bits per heavy atom. The van der Waals surface area contributed by atoms with E-state index in [0.717, 1.165) is 21.3 Å². The Labute approximate surface area is 191 Å². The number of fused-ring (bicyclic) bond motifs is 1. The summed E-state index contributed by atoms with van der Waals surface area (Å²) in [5.41, 5.74) is 4.00. The molecule has 0 radical (unpaired) electrons. The number of para-hydroxylation sites is 1. The second-order valence-corrected chi connectivity index (χ2v) is 10.2. The van der Waals surface area contributed by atoms with E-state index in [9.17, 15) is 13.2 Å². The fraction of sp³-hybridized carbons (Fsp3) is 0.167. The van der Waals surface area contributed by atoms with Crippen LogP contribution in [0.5, 0.6) is 0 Å². The van der Waals surface area contributed by atoms with E-state index in [1.807, 2.05) is 32.0 Å². The highest BCUT2D eigenvalue weighted by Gasteiger charge is 2.24. The van der Waals surface area contributed by atoms with Crippen molar-refractivity contribution in [1.82, 2.24) is 4.98 Å². The van der Waals surface area contributed by atoms with Crippen LogP contribution in [0.1, 0.15) is 28.4 Å². The van der Waals surface area contributed by atoms with Gasteiger partial charge in [-0.05, 0) is 68.3 Å². The minimum Gasteiger partial charge on any atom is -0.298 e. The minimum absolute atomic E-state index is 0.131. The number of nitrogens with one attached hydrogen (secondary N) is 1. The molecule has 6 nitrogen and oxygen atoms in total. The molecule has 0 saturated heterocycles. The van der Waals surface area contributed by atoms with Crippen LogP contribution in [-0.2, 0) is 10.0 Å². The molecule has 1 amide bonds. The number of nitrogens with zero attached hydrogens (tertiary/aromatic N) is 2. The Hall–Kier alpha value is -3.23. The van der Waals surface area contributed by atoms with Gasteiger partial charge in [-0.25, -0.2) is 13.4 Å². The van der Waals surface area contributed by atoms with E-state index in [0.29, 0.717) is 22.9 Å². The predicted octanol–water partition coefficient (Wildman–Crippen LogP) is 5.38. The first kappa shape index (κ1) is 22.0. The van der Waals surface area contributed by atoms with Gasteiger partial charge in [0.1, 0.15) is 0 Å². The molecule has 3 aromatic carbocycles. The van der Waals surface area contributed by atoms with Gasteiger partial charge in [0.15, 0.2) is 5.13 Å². The number of thiazole rings is 1. The number of rotatable bonds is 6. The molecule has 1 aromatic heterocycles. The lowest BCUT2D eigenvalue weighted by Gasteiger charge is -2.22. The number of anilines is 2. The molecule has 32 heavy (non-hydrogen) atoms. The average molecular weight is 466 g/mol. The van der Waals surface area contributed by atoms with E-state index in [1.54, 1.807) is 31.2 Å². The maximum Gasteiger partial charge on any atom is 0.264 e. The van der Waals surface area contributed by atoms with Crippen molar-refractivity contribution in [3.05, 3.63) is 83.4 Å². The number of benzene rings is 3. The summed E-state index contributed by atoms with van der Waals surface area (Å²) in [4.78, 5) is 17.4. The van der Waals surface area contributed by atoms with Crippen LogP contribution in [0.25, 0.3) is 10.2 Å². The molecule has 164 valence electrons. The highest BCUT2D eigenvalue weighted by atomic mass is 32.2. The Balaban J connectivity index is 1.56. The summed E-state index contributed by atoms with van der Waals surface area (Å²) in [6.45, 7) is 6.08. The number of amides is 1. The van der Waals surface area contributed by atoms with E-state index in [4.69, 9.17) is 0 Å². The lowest BCUT2D eigenvalue weighted by atomic mass is 10.1. The molecule has 1 N–H and O–H groups in total. The van der Waals surface area contributed by atoms with Crippen LogP contribution in [-0.4, -0.2) is 25.9 Å². The summed E-state index contributed by atoms with van der Waals surface area (Å²) >= 11 is 1.43. The smallest absolute Gasteiger partial charge is 0.264 e. The van der Waals surface area contributed by atoms with Gasteiger partial charge in [0.2, 0.25) is 0 Å². The Morgan fingerprint density at radius 1 is 0.969 bits per heavy atom. The monoisotopic (exact) mass is 465 g/mol. The number of carbonyl (C=O) groups is 1. The van der Waals surface area contributed by atoms with Crippen molar-refractivity contribution in [1.29, 1.82) is 0 Å². The summed E-state index contributed by atoms with van der Waals surface area (Å²) in [5, 5.41) is 3.34. The van der Waals surface area contributed by atoms with Crippen molar-refractivity contribution in [3.8, 4) is 0 Å². The van der Waals surface area contributed by atoms with Crippen LogP contribution in [0.3, 0.4) is 0 Å². The van der Waals surface area contributed by atoms with Crippen LogP contribution in [0.15, 0.2) is 71.6 Å². The highest BCUT2D eigenvalue weighted by molar-refractivity contribution is 7.92. The van der Waals surface area contributed by atoms with Gasteiger partial charge in [0.25, 0.3) is 15.9 Å². The lowest BCUT2D eigenvalue weighted by molar-refractivity contribution is 0.102. The van der Waals surface area contributed by atoms with Crippen molar-refractivity contribution < 1.29 is 13.2 Å². The summed E-state index contributed by atoms with van der Waals surface area (Å²) in [7, 11) is -3.74. The standard InChI is InChI=1S/C24H23N3O3S2/c1-4-27(19-8-6-5-7-9-19)32(29,30)20-14-12-18(13-15-20)23(28)26-24-25-21-16(2)10-11-17(3)22(21)31-24/h5-15H,4H2,1-3H3,(H,25,26,28). The zero-order valence-electron chi connectivity index (χ0n) is 18.0. The molecule has 0 saturated carbocycles. The quantitative estimate of drug-likeness (QED) is 0.415. The summed E-state index contributed by atoms with van der Waals surface area (Å²) in [5.74, 6) is -0.335. The third-order valence-corrected chi connectivity index (χ3v) is 8.22. The molecule has 0 spiro atoms. The Morgan fingerprint density at radius 3 is 2.25 bits per heavy atom. The zero-order valence-corrected chi connectivity index (χ0v) is 19.6. The van der Waals surface area contributed by atoms with E-state index >= 15 is 0 Å². The van der Waals surface area contributed by atoms with Gasteiger partial charge < -0.3 is 0 Å². The predicted molar refractivity (Wildman–Crippen MR) is 130 cm³/mol. The van der Waals surface area contributed by atoms with Crippen molar-refractivity contribution in [2.24, 2.45) is 0 Å². The van der Waals surface area contributed by atoms with Crippen molar-refractivity contribution in [2.45, 2.75) is 25.7 Å². The fourth-order valence-electron chi connectivity index (χ4n) is 3.47. The molecule has 4 aromatic rings. The molecule has 0 bridgehead atoms. The normalized spacial score (nSPS) is 11.5. The van der Waals surface area contributed by atoms with Crippen molar-refractivity contribution in [2.75, 3.05) is 16.2 Å². The van der Waals surface area contributed by atoms with Gasteiger partial charge in [-0.15, -0.1) is 0 Å². The molecule has 0 unspecified atom stereocenters. The minimum atomic E-state index is -3.74. The largest absolute Gasteiger partial charge is 0.298 e. The molecule has 0 aliphatic heterocycles. The van der Waals surface area contributed by atoms with Crippen LogP contribution in [0, 0.1) is 13.8 Å². The lowest BCUT2D eigenvalue weighted by Crippen LogP contribution is -2.30. The summed E-state index contributed by atoms with van der Waals surface area (Å²) in [6, 6.07) is 18.9. The third-order valence-electron chi connectivity index (χ3n) is 5.20. The van der Waals surface area contributed by atoms with E-state index < -0.39 is 10.0 Å². The topological polar surface area (TPSA) is 79.4 Å². The first-order valence-electron chi connectivity index (χ1n) is 10.2.